The van der Waals surface area contributed by atoms with Crippen LogP contribution in [0.2, 0.25) is 0 Å². The first-order valence-corrected chi connectivity index (χ1v) is 7.08. The van der Waals surface area contributed by atoms with Gasteiger partial charge in [0.2, 0.25) is 5.89 Å². The molecule has 0 aliphatic rings. The highest BCUT2D eigenvalue weighted by Crippen LogP contribution is 2.20. The summed E-state index contributed by atoms with van der Waals surface area (Å²) >= 11 is 3.22. The molecule has 0 spiro atoms. The SMILES string of the molecule is Fc1cc(Br)ccc1CNc1nnc(-c2ccccc2)o1. The van der Waals surface area contributed by atoms with Crippen molar-refractivity contribution in [3.05, 3.63) is 64.4 Å². The van der Waals surface area contributed by atoms with Gasteiger partial charge in [0.05, 0.1) is 0 Å². The minimum absolute atomic E-state index is 0.260. The van der Waals surface area contributed by atoms with E-state index in [1.165, 1.54) is 6.07 Å². The number of aromatic nitrogens is 2. The lowest BCUT2D eigenvalue weighted by molar-refractivity contribution is 0.576. The molecule has 6 heteroatoms. The van der Waals surface area contributed by atoms with Crippen LogP contribution in [0.4, 0.5) is 10.4 Å². The van der Waals surface area contributed by atoms with Gasteiger partial charge in [-0.15, -0.1) is 5.10 Å². The van der Waals surface area contributed by atoms with E-state index in [1.54, 1.807) is 12.1 Å². The maximum Gasteiger partial charge on any atom is 0.316 e. The van der Waals surface area contributed by atoms with Gasteiger partial charge in [0.25, 0.3) is 0 Å². The highest BCUT2D eigenvalue weighted by Gasteiger charge is 2.09. The largest absolute Gasteiger partial charge is 0.403 e. The third-order valence-electron chi connectivity index (χ3n) is 2.89. The Balaban J connectivity index is 1.70. The van der Waals surface area contributed by atoms with E-state index in [-0.39, 0.29) is 18.4 Å². The number of hydrogen-bond acceptors (Lipinski definition) is 4. The second kappa shape index (κ2) is 6.05. The van der Waals surface area contributed by atoms with Gasteiger partial charge in [-0.25, -0.2) is 4.39 Å². The molecule has 4 nitrogen and oxygen atoms in total. The molecule has 0 aliphatic carbocycles. The fourth-order valence-corrected chi connectivity index (χ4v) is 2.16. The van der Waals surface area contributed by atoms with Crippen LogP contribution in [0, 0.1) is 5.82 Å². The van der Waals surface area contributed by atoms with Crippen LogP contribution < -0.4 is 5.32 Å². The van der Waals surface area contributed by atoms with Gasteiger partial charge in [-0.1, -0.05) is 45.3 Å². The maximum atomic E-state index is 13.7. The molecule has 0 radical (unpaired) electrons. The van der Waals surface area contributed by atoms with E-state index < -0.39 is 0 Å². The molecule has 3 rings (SSSR count). The molecular weight excluding hydrogens is 337 g/mol. The van der Waals surface area contributed by atoms with Crippen molar-refractivity contribution in [3.8, 4) is 11.5 Å². The van der Waals surface area contributed by atoms with E-state index in [4.69, 9.17) is 4.42 Å². The molecule has 0 bridgehead atoms. The van der Waals surface area contributed by atoms with Crippen molar-refractivity contribution in [1.29, 1.82) is 0 Å². The van der Waals surface area contributed by atoms with Crippen molar-refractivity contribution < 1.29 is 8.81 Å². The summed E-state index contributed by atoms with van der Waals surface area (Å²) in [5.41, 5.74) is 1.37. The number of anilines is 1. The molecule has 0 saturated carbocycles. The van der Waals surface area contributed by atoms with Gasteiger partial charge >= 0.3 is 6.01 Å². The summed E-state index contributed by atoms with van der Waals surface area (Å²) in [6.45, 7) is 0.273. The van der Waals surface area contributed by atoms with E-state index in [0.29, 0.717) is 15.9 Å². The Morgan fingerprint density at radius 1 is 1.10 bits per heavy atom. The lowest BCUT2D eigenvalue weighted by Crippen LogP contribution is -2.01. The molecule has 0 atom stereocenters. The normalized spacial score (nSPS) is 10.6. The number of nitrogens with zero attached hydrogens (tertiary/aromatic N) is 2. The average molecular weight is 348 g/mol. The highest BCUT2D eigenvalue weighted by molar-refractivity contribution is 9.10. The van der Waals surface area contributed by atoms with Gasteiger partial charge in [-0.3, -0.25) is 0 Å². The van der Waals surface area contributed by atoms with Gasteiger partial charge in [0.15, 0.2) is 0 Å². The molecule has 106 valence electrons. The lowest BCUT2D eigenvalue weighted by Gasteiger charge is -2.03. The molecule has 2 aromatic carbocycles. The Labute approximate surface area is 129 Å². The van der Waals surface area contributed by atoms with Crippen molar-refractivity contribution in [2.45, 2.75) is 6.54 Å². The predicted octanol–water partition coefficient (Wildman–Crippen LogP) is 4.25. The highest BCUT2D eigenvalue weighted by atomic mass is 79.9. The number of halogens is 2. The quantitative estimate of drug-likeness (QED) is 0.766. The zero-order chi connectivity index (χ0) is 14.7. The molecule has 0 aliphatic heterocycles. The van der Waals surface area contributed by atoms with Crippen LogP contribution in [0.25, 0.3) is 11.5 Å². The Hall–Kier alpha value is -2.21. The molecule has 1 aromatic heterocycles. The van der Waals surface area contributed by atoms with Gasteiger partial charge < -0.3 is 9.73 Å². The molecule has 1 heterocycles. The summed E-state index contributed by atoms with van der Waals surface area (Å²) in [6, 6.07) is 14.6. The van der Waals surface area contributed by atoms with E-state index in [9.17, 15) is 4.39 Å². The molecule has 0 fully saturated rings. The topological polar surface area (TPSA) is 51.0 Å². The van der Waals surface area contributed by atoms with E-state index in [1.807, 2.05) is 30.3 Å². The average Bonchev–Trinajstić information content (AvgIpc) is 2.96. The van der Waals surface area contributed by atoms with Crippen LogP contribution in [0.15, 0.2) is 57.4 Å². The van der Waals surface area contributed by atoms with Crippen molar-refractivity contribution in [3.63, 3.8) is 0 Å². The summed E-state index contributed by atoms with van der Waals surface area (Å²) in [7, 11) is 0. The molecule has 0 amide bonds. The number of hydrogen-bond donors (Lipinski definition) is 1. The minimum atomic E-state index is -0.292. The van der Waals surface area contributed by atoms with Gasteiger partial charge in [0, 0.05) is 22.1 Å². The van der Waals surface area contributed by atoms with Crippen LogP contribution in [0.1, 0.15) is 5.56 Å². The van der Waals surface area contributed by atoms with Gasteiger partial charge in [0.1, 0.15) is 5.82 Å². The molecule has 0 unspecified atom stereocenters. The number of benzene rings is 2. The molecule has 21 heavy (non-hydrogen) atoms. The maximum absolute atomic E-state index is 13.7. The van der Waals surface area contributed by atoms with E-state index in [2.05, 4.69) is 31.4 Å². The van der Waals surface area contributed by atoms with Crippen LogP contribution in [-0.2, 0) is 6.54 Å². The molecular formula is C15H11BrFN3O. The van der Waals surface area contributed by atoms with Crippen LogP contribution >= 0.6 is 15.9 Å². The van der Waals surface area contributed by atoms with E-state index in [0.717, 1.165) is 5.56 Å². The van der Waals surface area contributed by atoms with Crippen molar-refractivity contribution >= 4 is 21.9 Å². The fraction of sp³-hybridized carbons (Fsp3) is 0.0667. The molecule has 1 N–H and O–H groups in total. The van der Waals surface area contributed by atoms with Gasteiger partial charge in [-0.05, 0) is 24.3 Å². The minimum Gasteiger partial charge on any atom is -0.403 e. The lowest BCUT2D eigenvalue weighted by atomic mass is 10.2. The monoisotopic (exact) mass is 347 g/mol. The van der Waals surface area contributed by atoms with Gasteiger partial charge in [-0.2, -0.15) is 0 Å². The van der Waals surface area contributed by atoms with Crippen LogP contribution in [0.3, 0.4) is 0 Å². The second-order valence-corrected chi connectivity index (χ2v) is 5.28. The van der Waals surface area contributed by atoms with Crippen LogP contribution in [-0.4, -0.2) is 10.2 Å². The van der Waals surface area contributed by atoms with E-state index >= 15 is 0 Å². The number of nitrogens with one attached hydrogen (secondary N) is 1. The first-order valence-electron chi connectivity index (χ1n) is 6.29. The first kappa shape index (κ1) is 13.8. The Morgan fingerprint density at radius 2 is 1.90 bits per heavy atom. The Bertz CT molecular complexity index is 746. The summed E-state index contributed by atoms with van der Waals surface area (Å²) in [6.07, 6.45) is 0. The first-order chi connectivity index (χ1) is 10.2. The Morgan fingerprint density at radius 3 is 2.67 bits per heavy atom. The standard InChI is InChI=1S/C15H11BrFN3O/c16-12-7-6-11(13(17)8-12)9-18-15-20-19-14(21-15)10-4-2-1-3-5-10/h1-8H,9H2,(H,18,20). The third kappa shape index (κ3) is 3.28. The predicted molar refractivity (Wildman–Crippen MR) is 81.2 cm³/mol. The third-order valence-corrected chi connectivity index (χ3v) is 3.38. The zero-order valence-corrected chi connectivity index (χ0v) is 12.5. The fourth-order valence-electron chi connectivity index (χ4n) is 1.83. The van der Waals surface area contributed by atoms with Crippen LogP contribution in [0.5, 0.6) is 0 Å². The summed E-state index contributed by atoms with van der Waals surface area (Å²) in [5.74, 6) is 0.133. The van der Waals surface area contributed by atoms with Crippen molar-refractivity contribution in [1.82, 2.24) is 10.2 Å². The smallest absolute Gasteiger partial charge is 0.316 e. The number of rotatable bonds is 4. The summed E-state index contributed by atoms with van der Waals surface area (Å²) in [5, 5.41) is 10.8. The Kier molecular flexibility index (Phi) is 3.96. The molecule has 3 aromatic rings. The summed E-state index contributed by atoms with van der Waals surface area (Å²) < 4.78 is 19.9. The van der Waals surface area contributed by atoms with Crippen molar-refractivity contribution in [2.75, 3.05) is 5.32 Å². The van der Waals surface area contributed by atoms with Crippen molar-refractivity contribution in [2.24, 2.45) is 0 Å². The molecule has 0 saturated heterocycles. The second-order valence-electron chi connectivity index (χ2n) is 4.37. The zero-order valence-electron chi connectivity index (χ0n) is 10.9. The summed E-state index contributed by atoms with van der Waals surface area (Å²) in [4.78, 5) is 0.